The monoisotopic (exact) mass is 428 g/mol. The van der Waals surface area contributed by atoms with E-state index in [0.717, 1.165) is 29.7 Å². The lowest BCUT2D eigenvalue weighted by atomic mass is 10.1. The molecule has 30 heavy (non-hydrogen) atoms. The molecule has 2 aromatic carbocycles. The van der Waals surface area contributed by atoms with Crippen LogP contribution in [0.25, 0.3) is 0 Å². The Hall–Kier alpha value is -2.73. The van der Waals surface area contributed by atoms with Gasteiger partial charge in [-0.15, -0.1) is 0 Å². The average Bonchev–Trinajstić information content (AvgIpc) is 2.98. The van der Waals surface area contributed by atoms with Gasteiger partial charge in [-0.3, -0.25) is 9.59 Å². The van der Waals surface area contributed by atoms with Crippen molar-refractivity contribution in [2.75, 3.05) is 24.7 Å². The first-order valence-corrected chi connectivity index (χ1v) is 10.7. The molecule has 158 valence electrons. The molecular formula is C23H25ClN2O4. The summed E-state index contributed by atoms with van der Waals surface area (Å²) in [6.07, 6.45) is 1.85. The van der Waals surface area contributed by atoms with Gasteiger partial charge in [0.05, 0.1) is 24.2 Å². The van der Waals surface area contributed by atoms with Crippen LogP contribution in [0, 0.1) is 5.92 Å². The zero-order valence-electron chi connectivity index (χ0n) is 16.9. The molecule has 2 aromatic rings. The number of hydrogen-bond donors (Lipinski definition) is 1. The van der Waals surface area contributed by atoms with Crippen molar-refractivity contribution in [3.05, 3.63) is 52.5 Å². The van der Waals surface area contributed by atoms with Gasteiger partial charge in [-0.2, -0.15) is 0 Å². The third-order valence-corrected chi connectivity index (χ3v) is 5.77. The van der Waals surface area contributed by atoms with Crippen molar-refractivity contribution < 1.29 is 19.1 Å². The summed E-state index contributed by atoms with van der Waals surface area (Å²) in [5, 5.41) is 3.41. The minimum Gasteiger partial charge on any atom is -0.489 e. The van der Waals surface area contributed by atoms with Gasteiger partial charge in [0.1, 0.15) is 0 Å². The molecule has 0 spiro atoms. The minimum atomic E-state index is -0.377. The number of fused-ring (bicyclic) bond motifs is 1. The van der Waals surface area contributed by atoms with E-state index in [1.165, 1.54) is 0 Å². The third kappa shape index (κ3) is 4.24. The van der Waals surface area contributed by atoms with E-state index >= 15 is 0 Å². The summed E-state index contributed by atoms with van der Waals surface area (Å²) in [5.41, 5.74) is 2.83. The highest BCUT2D eigenvalue weighted by atomic mass is 35.5. The largest absolute Gasteiger partial charge is 0.489 e. The molecule has 0 saturated carbocycles. The molecule has 1 unspecified atom stereocenters. The van der Waals surface area contributed by atoms with Crippen LogP contribution in [0.2, 0.25) is 5.02 Å². The zero-order chi connectivity index (χ0) is 21.1. The van der Waals surface area contributed by atoms with Gasteiger partial charge in [0.25, 0.3) is 0 Å². The number of carbonyl (C=O) groups is 2. The highest BCUT2D eigenvalue weighted by molar-refractivity contribution is 6.32. The predicted molar refractivity (Wildman–Crippen MR) is 115 cm³/mol. The van der Waals surface area contributed by atoms with Crippen molar-refractivity contribution in [1.29, 1.82) is 0 Å². The third-order valence-electron chi connectivity index (χ3n) is 5.49. The van der Waals surface area contributed by atoms with Crippen LogP contribution in [0.5, 0.6) is 11.5 Å². The summed E-state index contributed by atoms with van der Waals surface area (Å²) in [5.74, 6) is 0.620. The first-order chi connectivity index (χ1) is 14.6. The van der Waals surface area contributed by atoms with Crippen LogP contribution in [0.1, 0.15) is 30.9 Å². The van der Waals surface area contributed by atoms with E-state index in [1.54, 1.807) is 11.0 Å². The molecule has 1 fully saturated rings. The van der Waals surface area contributed by atoms with Crippen molar-refractivity contribution in [3.8, 4) is 11.5 Å². The van der Waals surface area contributed by atoms with Crippen LogP contribution in [0.3, 0.4) is 0 Å². The number of benzene rings is 2. The number of halogens is 1. The van der Waals surface area contributed by atoms with Crippen LogP contribution < -0.4 is 19.7 Å². The lowest BCUT2D eigenvalue weighted by molar-refractivity contribution is -0.126. The second-order valence-electron chi connectivity index (χ2n) is 7.56. The van der Waals surface area contributed by atoms with E-state index in [1.807, 2.05) is 30.3 Å². The zero-order valence-corrected chi connectivity index (χ0v) is 17.7. The molecule has 6 nitrogen and oxygen atoms in total. The topological polar surface area (TPSA) is 67.9 Å². The molecule has 0 bridgehead atoms. The molecule has 0 radical (unpaired) electrons. The summed E-state index contributed by atoms with van der Waals surface area (Å²) < 4.78 is 11.3. The summed E-state index contributed by atoms with van der Waals surface area (Å²) >= 11 is 6.33. The fourth-order valence-electron chi connectivity index (χ4n) is 3.91. The summed E-state index contributed by atoms with van der Waals surface area (Å²) in [7, 11) is 0. The summed E-state index contributed by atoms with van der Waals surface area (Å²) in [6.45, 7) is 3.90. The highest BCUT2D eigenvalue weighted by Crippen LogP contribution is 2.38. The number of nitrogens with one attached hydrogen (secondary N) is 1. The Kier molecular flexibility index (Phi) is 6.13. The van der Waals surface area contributed by atoms with Crippen molar-refractivity contribution in [2.45, 2.75) is 32.7 Å². The minimum absolute atomic E-state index is 0.0188. The van der Waals surface area contributed by atoms with Crippen LogP contribution in [0.4, 0.5) is 5.69 Å². The normalized spacial score (nSPS) is 18.3. The average molecular weight is 429 g/mol. The fraction of sp³-hybridized carbons (Fsp3) is 0.391. The number of para-hydroxylation sites is 1. The summed E-state index contributed by atoms with van der Waals surface area (Å²) in [6, 6.07) is 11.5. The second kappa shape index (κ2) is 8.96. The van der Waals surface area contributed by atoms with Gasteiger partial charge in [-0.05, 0) is 35.7 Å². The van der Waals surface area contributed by atoms with Crippen molar-refractivity contribution >= 4 is 29.1 Å². The van der Waals surface area contributed by atoms with E-state index in [9.17, 15) is 9.59 Å². The van der Waals surface area contributed by atoms with E-state index in [0.29, 0.717) is 42.8 Å². The Bertz CT molecular complexity index is 962. The van der Waals surface area contributed by atoms with Gasteiger partial charge in [0, 0.05) is 31.6 Å². The van der Waals surface area contributed by atoms with Gasteiger partial charge < -0.3 is 19.7 Å². The van der Waals surface area contributed by atoms with E-state index < -0.39 is 0 Å². The number of rotatable bonds is 5. The lowest BCUT2D eigenvalue weighted by Gasteiger charge is -2.20. The van der Waals surface area contributed by atoms with E-state index in [2.05, 4.69) is 12.2 Å². The Labute approximate surface area is 181 Å². The maximum absolute atomic E-state index is 12.7. The molecule has 1 saturated heterocycles. The number of carbonyl (C=O) groups excluding carboxylic acids is 2. The highest BCUT2D eigenvalue weighted by Gasteiger charge is 2.35. The number of amides is 2. The molecule has 7 heteroatoms. The van der Waals surface area contributed by atoms with Gasteiger partial charge in [0.2, 0.25) is 11.8 Å². The van der Waals surface area contributed by atoms with E-state index in [-0.39, 0.29) is 24.2 Å². The summed E-state index contributed by atoms with van der Waals surface area (Å²) in [4.78, 5) is 27.0. The quantitative estimate of drug-likeness (QED) is 0.787. The number of ether oxygens (including phenoxy) is 2. The molecule has 1 atom stereocenters. The molecule has 4 rings (SSSR count). The van der Waals surface area contributed by atoms with Crippen molar-refractivity contribution in [2.24, 2.45) is 5.92 Å². The molecule has 2 aliphatic rings. The maximum Gasteiger partial charge on any atom is 0.227 e. The standard InChI is InChI=1S/C23H25ClN2O4/c1-2-16-6-3-4-7-19(16)26-14-17(12-21(26)27)23(28)25-13-15-10-18(24)22-20(11-15)29-8-5-9-30-22/h3-4,6-7,10-11,17H,2,5,8-9,12-14H2,1H3,(H,25,28). The first-order valence-electron chi connectivity index (χ1n) is 10.3. The molecule has 1 N–H and O–H groups in total. The van der Waals surface area contributed by atoms with Crippen LogP contribution in [-0.4, -0.2) is 31.6 Å². The second-order valence-corrected chi connectivity index (χ2v) is 7.97. The Morgan fingerprint density at radius 2 is 2.03 bits per heavy atom. The molecule has 0 aliphatic carbocycles. The Morgan fingerprint density at radius 1 is 1.23 bits per heavy atom. The fourth-order valence-corrected chi connectivity index (χ4v) is 4.20. The molecule has 0 aromatic heterocycles. The van der Waals surface area contributed by atoms with Crippen LogP contribution in [0.15, 0.2) is 36.4 Å². The molecule has 2 amide bonds. The molecular weight excluding hydrogens is 404 g/mol. The van der Waals surface area contributed by atoms with Crippen molar-refractivity contribution in [3.63, 3.8) is 0 Å². The lowest BCUT2D eigenvalue weighted by Crippen LogP contribution is -2.32. The number of aryl methyl sites for hydroxylation is 1. The Balaban J connectivity index is 1.41. The van der Waals surface area contributed by atoms with Gasteiger partial charge in [-0.25, -0.2) is 0 Å². The first kappa shape index (κ1) is 20.5. The van der Waals surface area contributed by atoms with E-state index in [4.69, 9.17) is 21.1 Å². The smallest absolute Gasteiger partial charge is 0.227 e. The van der Waals surface area contributed by atoms with Gasteiger partial charge >= 0.3 is 0 Å². The van der Waals surface area contributed by atoms with Crippen LogP contribution >= 0.6 is 11.6 Å². The van der Waals surface area contributed by atoms with Gasteiger partial charge in [-0.1, -0.05) is 36.7 Å². The molecule has 2 heterocycles. The molecule has 2 aliphatic heterocycles. The Morgan fingerprint density at radius 3 is 2.87 bits per heavy atom. The van der Waals surface area contributed by atoms with Gasteiger partial charge in [0.15, 0.2) is 11.5 Å². The van der Waals surface area contributed by atoms with Crippen molar-refractivity contribution in [1.82, 2.24) is 5.32 Å². The number of anilines is 1. The predicted octanol–water partition coefficient (Wildman–Crippen LogP) is 3.73. The number of hydrogen-bond acceptors (Lipinski definition) is 4. The maximum atomic E-state index is 12.7. The van der Waals surface area contributed by atoms with Crippen LogP contribution in [-0.2, 0) is 22.6 Å². The SMILES string of the molecule is CCc1ccccc1N1CC(C(=O)NCc2cc(Cl)c3c(c2)OCCCO3)CC1=O. The number of nitrogens with zero attached hydrogens (tertiary/aromatic N) is 1.